The highest BCUT2D eigenvalue weighted by Crippen LogP contribution is 2.08. The molecule has 0 aliphatic carbocycles. The SMILES string of the molecule is C/C=[N+](\[O-])Cc1cccs1. The summed E-state index contributed by atoms with van der Waals surface area (Å²) in [7, 11) is 0. The Hall–Kier alpha value is -0.830. The highest BCUT2D eigenvalue weighted by molar-refractivity contribution is 7.09. The molecule has 54 valence electrons. The maximum absolute atomic E-state index is 10.7. The van der Waals surface area contributed by atoms with Gasteiger partial charge in [0, 0.05) is 6.92 Å². The number of hydrogen-bond donors (Lipinski definition) is 0. The first kappa shape index (κ1) is 7.28. The lowest BCUT2D eigenvalue weighted by molar-refractivity contribution is -0.469. The average molecular weight is 155 g/mol. The van der Waals surface area contributed by atoms with E-state index in [9.17, 15) is 5.21 Å². The van der Waals surface area contributed by atoms with E-state index in [2.05, 4.69) is 0 Å². The molecule has 0 fully saturated rings. The quantitative estimate of drug-likeness (QED) is 0.277. The van der Waals surface area contributed by atoms with E-state index in [0.717, 1.165) is 9.62 Å². The minimum Gasteiger partial charge on any atom is -0.624 e. The fourth-order valence-electron chi connectivity index (χ4n) is 0.647. The maximum atomic E-state index is 10.7. The van der Waals surface area contributed by atoms with Crippen molar-refractivity contribution in [2.24, 2.45) is 0 Å². The summed E-state index contributed by atoms with van der Waals surface area (Å²) in [6, 6.07) is 3.91. The van der Waals surface area contributed by atoms with E-state index in [4.69, 9.17) is 0 Å². The monoisotopic (exact) mass is 155 g/mol. The Labute approximate surface area is 64.0 Å². The van der Waals surface area contributed by atoms with E-state index in [1.165, 1.54) is 6.21 Å². The molecule has 0 saturated carbocycles. The molecular formula is C7H9NOS. The predicted molar refractivity (Wildman–Crippen MR) is 43.4 cm³/mol. The van der Waals surface area contributed by atoms with Crippen molar-refractivity contribution >= 4 is 17.6 Å². The molecule has 0 aliphatic heterocycles. The molecule has 0 aliphatic rings. The molecule has 1 heterocycles. The Morgan fingerprint density at radius 3 is 3.10 bits per heavy atom. The van der Waals surface area contributed by atoms with Crippen LogP contribution >= 0.6 is 11.3 Å². The fourth-order valence-corrected chi connectivity index (χ4v) is 1.34. The van der Waals surface area contributed by atoms with Gasteiger partial charge in [0.05, 0.1) is 4.88 Å². The Balaban J connectivity index is 2.56. The first-order valence-electron chi connectivity index (χ1n) is 3.08. The van der Waals surface area contributed by atoms with Gasteiger partial charge in [-0.25, -0.2) is 4.74 Å². The Morgan fingerprint density at radius 2 is 2.60 bits per heavy atom. The largest absolute Gasteiger partial charge is 0.624 e. The van der Waals surface area contributed by atoms with Gasteiger partial charge >= 0.3 is 0 Å². The first-order chi connectivity index (χ1) is 4.83. The van der Waals surface area contributed by atoms with Crippen molar-refractivity contribution in [3.05, 3.63) is 27.6 Å². The van der Waals surface area contributed by atoms with Crippen LogP contribution in [0.5, 0.6) is 0 Å². The zero-order valence-electron chi connectivity index (χ0n) is 5.78. The zero-order chi connectivity index (χ0) is 7.40. The minimum absolute atomic E-state index is 0.480. The van der Waals surface area contributed by atoms with E-state index in [1.807, 2.05) is 17.5 Å². The molecule has 2 nitrogen and oxygen atoms in total. The number of hydroxylamine groups is 1. The average Bonchev–Trinajstić information content (AvgIpc) is 2.40. The molecule has 0 aromatic carbocycles. The number of hydrogen-bond acceptors (Lipinski definition) is 2. The highest BCUT2D eigenvalue weighted by Gasteiger charge is 1.95. The van der Waals surface area contributed by atoms with Gasteiger partial charge in [0.1, 0.15) is 6.21 Å². The zero-order valence-corrected chi connectivity index (χ0v) is 6.60. The third kappa shape index (κ3) is 1.84. The van der Waals surface area contributed by atoms with Gasteiger partial charge in [-0.3, -0.25) is 0 Å². The van der Waals surface area contributed by atoms with Gasteiger partial charge in [-0.15, -0.1) is 11.3 Å². The van der Waals surface area contributed by atoms with Crippen LogP contribution in [0, 0.1) is 5.21 Å². The van der Waals surface area contributed by atoms with Crippen LogP contribution in [0.2, 0.25) is 0 Å². The molecule has 0 bridgehead atoms. The number of rotatable bonds is 2. The van der Waals surface area contributed by atoms with Gasteiger partial charge < -0.3 is 5.21 Å². The second kappa shape index (κ2) is 3.37. The molecular weight excluding hydrogens is 146 g/mol. The summed E-state index contributed by atoms with van der Waals surface area (Å²) in [6.45, 7) is 2.22. The lowest BCUT2D eigenvalue weighted by atomic mass is 10.5. The van der Waals surface area contributed by atoms with Crippen LogP contribution in [0.25, 0.3) is 0 Å². The summed E-state index contributed by atoms with van der Waals surface area (Å²) < 4.78 is 0.922. The van der Waals surface area contributed by atoms with Gasteiger partial charge in [-0.2, -0.15) is 0 Å². The van der Waals surface area contributed by atoms with Crippen LogP contribution in [-0.4, -0.2) is 11.0 Å². The number of nitrogens with zero attached hydrogens (tertiary/aromatic N) is 1. The topological polar surface area (TPSA) is 26.1 Å². The Morgan fingerprint density at radius 1 is 1.80 bits per heavy atom. The fraction of sp³-hybridized carbons (Fsp3) is 0.286. The van der Waals surface area contributed by atoms with Crippen LogP contribution in [0.3, 0.4) is 0 Å². The molecule has 0 atom stereocenters. The minimum atomic E-state index is 0.480. The van der Waals surface area contributed by atoms with Crippen molar-refractivity contribution in [2.45, 2.75) is 13.5 Å². The summed E-state index contributed by atoms with van der Waals surface area (Å²) >= 11 is 1.60. The summed E-state index contributed by atoms with van der Waals surface area (Å²) in [5.74, 6) is 0. The Kier molecular flexibility index (Phi) is 2.45. The third-order valence-electron chi connectivity index (χ3n) is 1.18. The molecule has 1 rings (SSSR count). The summed E-state index contributed by atoms with van der Waals surface area (Å²) in [4.78, 5) is 1.10. The molecule has 0 spiro atoms. The summed E-state index contributed by atoms with van der Waals surface area (Å²) in [5, 5.41) is 12.7. The second-order valence-electron chi connectivity index (χ2n) is 1.91. The van der Waals surface area contributed by atoms with Crippen molar-refractivity contribution < 1.29 is 4.74 Å². The molecule has 0 saturated heterocycles. The van der Waals surface area contributed by atoms with E-state index in [0.29, 0.717) is 6.54 Å². The lowest BCUT2D eigenvalue weighted by Gasteiger charge is -1.98. The number of thiophene rings is 1. The molecule has 0 radical (unpaired) electrons. The van der Waals surface area contributed by atoms with Crippen LogP contribution in [0.1, 0.15) is 11.8 Å². The van der Waals surface area contributed by atoms with E-state index < -0.39 is 0 Å². The van der Waals surface area contributed by atoms with Crippen molar-refractivity contribution in [1.82, 2.24) is 0 Å². The Bertz CT molecular complexity index is 216. The van der Waals surface area contributed by atoms with Gasteiger partial charge in [0.2, 0.25) is 0 Å². The summed E-state index contributed by atoms with van der Waals surface area (Å²) in [5.41, 5.74) is 0. The van der Waals surface area contributed by atoms with E-state index in [1.54, 1.807) is 18.3 Å². The third-order valence-corrected chi connectivity index (χ3v) is 2.04. The van der Waals surface area contributed by atoms with Crippen LogP contribution in [-0.2, 0) is 6.54 Å². The van der Waals surface area contributed by atoms with Crippen LogP contribution in [0.15, 0.2) is 17.5 Å². The van der Waals surface area contributed by atoms with Crippen molar-refractivity contribution in [3.63, 3.8) is 0 Å². The standard InChI is InChI=1S/C7H9NOS/c1-2-8(9)6-7-4-3-5-10-7/h2-5H,6H2,1H3/b8-2-. The summed E-state index contributed by atoms with van der Waals surface area (Å²) in [6.07, 6.45) is 1.53. The highest BCUT2D eigenvalue weighted by atomic mass is 32.1. The normalized spacial score (nSPS) is 11.9. The first-order valence-corrected chi connectivity index (χ1v) is 3.96. The van der Waals surface area contributed by atoms with Crippen molar-refractivity contribution in [1.29, 1.82) is 0 Å². The van der Waals surface area contributed by atoms with Gasteiger partial charge in [-0.05, 0) is 11.4 Å². The molecule has 1 aromatic rings. The van der Waals surface area contributed by atoms with Gasteiger partial charge in [0.25, 0.3) is 0 Å². The van der Waals surface area contributed by atoms with Gasteiger partial charge in [0.15, 0.2) is 6.54 Å². The van der Waals surface area contributed by atoms with Gasteiger partial charge in [-0.1, -0.05) is 6.07 Å². The van der Waals surface area contributed by atoms with Crippen LogP contribution < -0.4 is 0 Å². The molecule has 0 N–H and O–H groups in total. The van der Waals surface area contributed by atoms with E-state index in [-0.39, 0.29) is 0 Å². The molecule has 1 aromatic heterocycles. The molecule has 0 amide bonds. The smallest absolute Gasteiger partial charge is 0.187 e. The molecule has 3 heteroatoms. The van der Waals surface area contributed by atoms with Crippen LogP contribution in [0.4, 0.5) is 0 Å². The van der Waals surface area contributed by atoms with Crippen molar-refractivity contribution in [3.8, 4) is 0 Å². The van der Waals surface area contributed by atoms with E-state index >= 15 is 0 Å². The van der Waals surface area contributed by atoms with Crippen molar-refractivity contribution in [2.75, 3.05) is 0 Å². The molecule has 0 unspecified atom stereocenters. The molecule has 10 heavy (non-hydrogen) atoms. The lowest BCUT2D eigenvalue weighted by Crippen LogP contribution is -2.00. The second-order valence-corrected chi connectivity index (χ2v) is 2.95. The predicted octanol–water partition coefficient (Wildman–Crippen LogP) is 1.85. The maximum Gasteiger partial charge on any atom is 0.187 e.